The lowest BCUT2D eigenvalue weighted by atomic mass is 10.2. The molecule has 0 saturated carbocycles. The van der Waals surface area contributed by atoms with Gasteiger partial charge < -0.3 is 35.2 Å². The highest BCUT2D eigenvalue weighted by Crippen LogP contribution is 1.99. The van der Waals surface area contributed by atoms with E-state index in [0.29, 0.717) is 46.2 Å². The van der Waals surface area contributed by atoms with Crippen LogP contribution in [0.3, 0.4) is 0 Å². The van der Waals surface area contributed by atoms with Crippen LogP contribution < -0.4 is 11.5 Å². The van der Waals surface area contributed by atoms with Crippen molar-refractivity contribution in [1.29, 1.82) is 0 Å². The maximum atomic E-state index is 11.8. The maximum Gasteiger partial charge on any atom is 0.327 e. The summed E-state index contributed by atoms with van der Waals surface area (Å²) < 4.78 is 26.9. The lowest BCUT2D eigenvalue weighted by Gasteiger charge is -2.20. The van der Waals surface area contributed by atoms with Gasteiger partial charge in [0.15, 0.2) is 0 Å². The van der Waals surface area contributed by atoms with Gasteiger partial charge in [-0.2, -0.15) is 0 Å². The third-order valence-electron chi connectivity index (χ3n) is 2.93. The fraction of sp³-hybridized carbons (Fsp3) is 0.800. The Hall–Kier alpha value is -1.03. The lowest BCUT2D eigenvalue weighted by molar-refractivity contribution is -0.151. The number of esters is 1. The van der Waals surface area contributed by atoms with Crippen molar-refractivity contribution in [3.05, 3.63) is 12.2 Å². The first-order valence-corrected chi connectivity index (χ1v) is 7.80. The van der Waals surface area contributed by atoms with E-state index in [0.717, 1.165) is 0 Å². The van der Waals surface area contributed by atoms with Crippen LogP contribution in [0.25, 0.3) is 0 Å². The van der Waals surface area contributed by atoms with Gasteiger partial charge in [-0.1, -0.05) is 12.2 Å². The molecule has 1 fully saturated rings. The highest BCUT2D eigenvalue weighted by molar-refractivity contribution is 5.77. The Morgan fingerprint density at radius 1 is 1.09 bits per heavy atom. The molecule has 4 N–H and O–H groups in total. The van der Waals surface area contributed by atoms with E-state index in [1.165, 1.54) is 6.08 Å². The zero-order valence-corrected chi connectivity index (χ0v) is 13.6. The normalized spacial score (nSPS) is 24.4. The average Bonchev–Trinajstić information content (AvgIpc) is 2.51. The molecule has 0 aromatic carbocycles. The molecule has 1 saturated heterocycles. The van der Waals surface area contributed by atoms with Gasteiger partial charge in [0.05, 0.1) is 46.2 Å². The quantitative estimate of drug-likeness (QED) is 0.497. The molecular formula is C15H28N2O6. The van der Waals surface area contributed by atoms with E-state index in [1.54, 1.807) is 13.0 Å². The maximum absolute atomic E-state index is 11.8. The van der Waals surface area contributed by atoms with Crippen molar-refractivity contribution in [2.75, 3.05) is 52.9 Å². The molecule has 3 unspecified atom stereocenters. The highest BCUT2D eigenvalue weighted by Gasteiger charge is 2.17. The molecule has 3 atom stereocenters. The van der Waals surface area contributed by atoms with Gasteiger partial charge in [0.25, 0.3) is 0 Å². The first kappa shape index (κ1) is 20.0. The van der Waals surface area contributed by atoms with Crippen LogP contribution in [0, 0.1) is 0 Å². The molecule has 0 amide bonds. The monoisotopic (exact) mass is 332 g/mol. The number of hydrogen-bond acceptors (Lipinski definition) is 8. The Bertz CT molecular complexity index is 339. The van der Waals surface area contributed by atoms with Crippen LogP contribution in [0.5, 0.6) is 0 Å². The number of carbonyl (C=O) groups excluding carboxylic acids is 1. The van der Waals surface area contributed by atoms with Crippen molar-refractivity contribution in [3.8, 4) is 0 Å². The summed E-state index contributed by atoms with van der Waals surface area (Å²) in [5.41, 5.74) is 11.3. The Morgan fingerprint density at radius 3 is 2.35 bits per heavy atom. The second kappa shape index (κ2) is 12.4. The molecule has 0 aliphatic carbocycles. The third kappa shape index (κ3) is 10.4. The molecule has 1 rings (SSSR count). The van der Waals surface area contributed by atoms with E-state index in [2.05, 4.69) is 0 Å². The third-order valence-corrected chi connectivity index (χ3v) is 2.93. The van der Waals surface area contributed by atoms with E-state index in [4.69, 9.17) is 35.2 Å². The molecule has 134 valence electrons. The molecule has 0 radical (unpaired) electrons. The molecule has 1 heterocycles. The van der Waals surface area contributed by atoms with E-state index >= 15 is 0 Å². The molecule has 1 aliphatic rings. The van der Waals surface area contributed by atoms with Gasteiger partial charge >= 0.3 is 5.97 Å². The van der Waals surface area contributed by atoms with Crippen LogP contribution in [0.1, 0.15) is 6.92 Å². The number of carbonyl (C=O) groups is 1. The highest BCUT2D eigenvalue weighted by atomic mass is 16.6. The zero-order valence-electron chi connectivity index (χ0n) is 13.6. The fourth-order valence-corrected chi connectivity index (χ4v) is 1.72. The molecule has 0 aromatic rings. The zero-order chi connectivity index (χ0) is 16.9. The van der Waals surface area contributed by atoms with Gasteiger partial charge in [-0.3, -0.25) is 4.79 Å². The van der Waals surface area contributed by atoms with Gasteiger partial charge in [0.1, 0.15) is 18.8 Å². The van der Waals surface area contributed by atoms with E-state index in [-0.39, 0.29) is 18.8 Å². The van der Waals surface area contributed by atoms with Gasteiger partial charge in [-0.25, -0.2) is 0 Å². The largest absolute Gasteiger partial charge is 0.461 e. The van der Waals surface area contributed by atoms with Crippen molar-refractivity contribution < 1.29 is 28.5 Å². The van der Waals surface area contributed by atoms with Crippen LogP contribution >= 0.6 is 0 Å². The Kier molecular flexibility index (Phi) is 10.8. The SMILES string of the molecule is CC(N)/C=C\C(N)C(=O)OCC1COCCOCCOCCO1. The van der Waals surface area contributed by atoms with Crippen molar-refractivity contribution in [3.63, 3.8) is 0 Å². The molecule has 23 heavy (non-hydrogen) atoms. The number of nitrogens with two attached hydrogens (primary N) is 2. The smallest absolute Gasteiger partial charge is 0.327 e. The lowest BCUT2D eigenvalue weighted by Crippen LogP contribution is -2.35. The topological polar surface area (TPSA) is 115 Å². The van der Waals surface area contributed by atoms with Crippen molar-refractivity contribution in [1.82, 2.24) is 0 Å². The average molecular weight is 332 g/mol. The van der Waals surface area contributed by atoms with Gasteiger partial charge in [-0.05, 0) is 6.92 Å². The summed E-state index contributed by atoms with van der Waals surface area (Å²) in [7, 11) is 0. The molecule has 8 nitrogen and oxygen atoms in total. The van der Waals surface area contributed by atoms with E-state index in [9.17, 15) is 4.79 Å². The first-order valence-electron chi connectivity index (χ1n) is 7.80. The van der Waals surface area contributed by atoms with Crippen LogP contribution in [-0.2, 0) is 28.5 Å². The molecule has 8 heteroatoms. The number of rotatable bonds is 5. The van der Waals surface area contributed by atoms with Gasteiger partial charge in [-0.15, -0.1) is 0 Å². The molecule has 1 aliphatic heterocycles. The predicted molar refractivity (Wildman–Crippen MR) is 83.9 cm³/mol. The Balaban J connectivity index is 2.34. The molecule has 0 spiro atoms. The van der Waals surface area contributed by atoms with E-state index < -0.39 is 12.0 Å². The summed E-state index contributed by atoms with van der Waals surface area (Å²) >= 11 is 0. The standard InChI is InChI=1S/C15H28N2O6/c1-12(16)2-3-14(17)15(18)23-11-13-10-21-7-6-19-4-5-20-8-9-22-13/h2-3,12-14H,4-11,16-17H2,1H3/b3-2-. The summed E-state index contributed by atoms with van der Waals surface area (Å²) in [5.74, 6) is -0.531. The predicted octanol–water partition coefficient (Wildman–Crippen LogP) is -0.791. The number of ether oxygens (including phenoxy) is 5. The summed E-state index contributed by atoms with van der Waals surface area (Å²) in [6.07, 6.45) is 2.81. The minimum absolute atomic E-state index is 0.0689. The van der Waals surface area contributed by atoms with Gasteiger partial charge in [0, 0.05) is 6.04 Å². The van der Waals surface area contributed by atoms with Crippen molar-refractivity contribution >= 4 is 5.97 Å². The second-order valence-corrected chi connectivity index (χ2v) is 5.19. The number of hydrogen-bond donors (Lipinski definition) is 2. The Morgan fingerprint density at radius 2 is 1.70 bits per heavy atom. The molecule has 0 aromatic heterocycles. The van der Waals surface area contributed by atoms with Crippen LogP contribution in [0.15, 0.2) is 12.2 Å². The first-order chi connectivity index (χ1) is 11.1. The van der Waals surface area contributed by atoms with Crippen LogP contribution in [-0.4, -0.2) is 77.0 Å². The molecular weight excluding hydrogens is 304 g/mol. The summed E-state index contributed by atoms with van der Waals surface area (Å²) in [4.78, 5) is 11.8. The summed E-state index contributed by atoms with van der Waals surface area (Å²) in [5, 5.41) is 0. The fourth-order valence-electron chi connectivity index (χ4n) is 1.72. The Labute approximate surface area is 137 Å². The van der Waals surface area contributed by atoms with Crippen LogP contribution in [0.4, 0.5) is 0 Å². The second-order valence-electron chi connectivity index (χ2n) is 5.19. The minimum Gasteiger partial charge on any atom is -0.461 e. The minimum atomic E-state index is -0.843. The van der Waals surface area contributed by atoms with Crippen molar-refractivity contribution in [2.45, 2.75) is 25.1 Å². The summed E-state index contributed by atoms with van der Waals surface area (Å²) in [6, 6.07) is -1.01. The van der Waals surface area contributed by atoms with Gasteiger partial charge in [0.2, 0.25) is 0 Å². The van der Waals surface area contributed by atoms with E-state index in [1.807, 2.05) is 0 Å². The molecule has 0 bridgehead atoms. The van der Waals surface area contributed by atoms with Crippen molar-refractivity contribution in [2.24, 2.45) is 11.5 Å². The summed E-state index contributed by atoms with van der Waals surface area (Å²) in [6.45, 7) is 5.00. The van der Waals surface area contributed by atoms with Crippen LogP contribution in [0.2, 0.25) is 0 Å².